The quantitative estimate of drug-likeness (QED) is 0.871. The van der Waals surface area contributed by atoms with Crippen LogP contribution in [0.2, 0.25) is 0 Å². The minimum atomic E-state index is -0.288. The molecular weight excluding hydrogens is 310 g/mol. The van der Waals surface area contributed by atoms with Gasteiger partial charge in [-0.3, -0.25) is 0 Å². The number of halogens is 1. The molecule has 0 amide bonds. The Hall–Kier alpha value is -0.780. The Balaban J connectivity index is 2.02. The number of benzene rings is 1. The number of rotatable bonds is 5. The first-order chi connectivity index (χ1) is 9.20. The van der Waals surface area contributed by atoms with Crippen molar-refractivity contribution in [2.24, 2.45) is 0 Å². The third-order valence-electron chi connectivity index (χ3n) is 3.04. The topological polar surface area (TPSA) is 50.7 Å². The monoisotopic (exact) mass is 329 g/mol. The van der Waals surface area contributed by atoms with Gasteiger partial charge in [-0.1, -0.05) is 6.92 Å². The summed E-state index contributed by atoms with van der Waals surface area (Å²) >= 11 is 3.52. The molecule has 1 heterocycles. The molecule has 1 unspecified atom stereocenters. The van der Waals surface area contributed by atoms with E-state index in [0.717, 1.165) is 34.4 Å². The summed E-state index contributed by atoms with van der Waals surface area (Å²) in [5.74, 6) is 1.58. The maximum absolute atomic E-state index is 9.50. The molecule has 0 radical (unpaired) electrons. The van der Waals surface area contributed by atoms with E-state index >= 15 is 0 Å². The molecule has 2 rings (SSSR count). The SMILES string of the molecule is CCC(O)CNCc1cc(Br)c2c(c1)OCCCO2. The molecule has 0 bridgehead atoms. The molecule has 5 heteroatoms. The van der Waals surface area contributed by atoms with Gasteiger partial charge in [-0.05, 0) is 40.0 Å². The van der Waals surface area contributed by atoms with Crippen LogP contribution in [0.4, 0.5) is 0 Å². The van der Waals surface area contributed by atoms with Crippen molar-refractivity contribution in [3.05, 3.63) is 22.2 Å². The van der Waals surface area contributed by atoms with Gasteiger partial charge in [0.15, 0.2) is 11.5 Å². The predicted octanol–water partition coefficient (Wildman–Crippen LogP) is 2.47. The minimum Gasteiger partial charge on any atom is -0.490 e. The number of aliphatic hydroxyl groups excluding tert-OH is 1. The van der Waals surface area contributed by atoms with Crippen LogP contribution in [0.5, 0.6) is 11.5 Å². The summed E-state index contributed by atoms with van der Waals surface area (Å²) in [5, 5.41) is 12.7. The van der Waals surface area contributed by atoms with Gasteiger partial charge in [0.2, 0.25) is 0 Å². The Morgan fingerprint density at radius 2 is 2.16 bits per heavy atom. The molecule has 19 heavy (non-hydrogen) atoms. The molecule has 0 fully saturated rings. The Morgan fingerprint density at radius 1 is 1.37 bits per heavy atom. The van der Waals surface area contributed by atoms with E-state index in [-0.39, 0.29) is 6.10 Å². The molecule has 1 aliphatic rings. The third-order valence-corrected chi connectivity index (χ3v) is 3.63. The van der Waals surface area contributed by atoms with Crippen LogP contribution in [-0.4, -0.2) is 31.0 Å². The fourth-order valence-electron chi connectivity index (χ4n) is 1.91. The molecule has 0 aliphatic carbocycles. The van der Waals surface area contributed by atoms with Gasteiger partial charge in [-0.25, -0.2) is 0 Å². The van der Waals surface area contributed by atoms with Crippen LogP contribution >= 0.6 is 15.9 Å². The van der Waals surface area contributed by atoms with E-state index in [1.807, 2.05) is 19.1 Å². The zero-order valence-electron chi connectivity index (χ0n) is 11.1. The van der Waals surface area contributed by atoms with Crippen molar-refractivity contribution < 1.29 is 14.6 Å². The molecule has 1 atom stereocenters. The van der Waals surface area contributed by atoms with Crippen molar-refractivity contribution in [2.75, 3.05) is 19.8 Å². The smallest absolute Gasteiger partial charge is 0.175 e. The number of nitrogens with one attached hydrogen (secondary N) is 1. The van der Waals surface area contributed by atoms with Crippen LogP contribution in [0.3, 0.4) is 0 Å². The summed E-state index contributed by atoms with van der Waals surface area (Å²) in [5.41, 5.74) is 1.11. The van der Waals surface area contributed by atoms with Crippen molar-refractivity contribution in [2.45, 2.75) is 32.4 Å². The molecular formula is C14H20BrNO3. The van der Waals surface area contributed by atoms with Crippen LogP contribution in [0.1, 0.15) is 25.3 Å². The molecule has 106 valence electrons. The molecule has 0 spiro atoms. The maximum Gasteiger partial charge on any atom is 0.175 e. The molecule has 1 aromatic carbocycles. The molecule has 1 aliphatic heterocycles. The second-order valence-electron chi connectivity index (χ2n) is 4.65. The summed E-state index contributed by atoms with van der Waals surface area (Å²) in [6.07, 6.45) is 1.37. The fourth-order valence-corrected chi connectivity index (χ4v) is 2.52. The average Bonchev–Trinajstić information content (AvgIpc) is 2.64. The van der Waals surface area contributed by atoms with E-state index in [9.17, 15) is 5.11 Å². The normalized spacial score (nSPS) is 15.9. The van der Waals surface area contributed by atoms with Crippen LogP contribution in [0.15, 0.2) is 16.6 Å². The van der Waals surface area contributed by atoms with Crippen molar-refractivity contribution >= 4 is 15.9 Å². The van der Waals surface area contributed by atoms with Gasteiger partial charge in [-0.15, -0.1) is 0 Å². The minimum absolute atomic E-state index is 0.288. The highest BCUT2D eigenvalue weighted by molar-refractivity contribution is 9.10. The van der Waals surface area contributed by atoms with E-state index in [1.165, 1.54) is 0 Å². The van der Waals surface area contributed by atoms with E-state index in [0.29, 0.717) is 26.3 Å². The lowest BCUT2D eigenvalue weighted by molar-refractivity contribution is 0.167. The van der Waals surface area contributed by atoms with Gasteiger partial charge in [0.05, 0.1) is 23.8 Å². The summed E-state index contributed by atoms with van der Waals surface area (Å²) in [7, 11) is 0. The summed E-state index contributed by atoms with van der Waals surface area (Å²) in [4.78, 5) is 0. The first kappa shape index (κ1) is 14.6. The third kappa shape index (κ3) is 4.09. The number of hydrogen-bond donors (Lipinski definition) is 2. The number of aliphatic hydroxyl groups is 1. The summed E-state index contributed by atoms with van der Waals surface area (Å²) < 4.78 is 12.3. The molecule has 2 N–H and O–H groups in total. The highest BCUT2D eigenvalue weighted by Gasteiger charge is 2.15. The number of hydrogen-bond acceptors (Lipinski definition) is 4. The molecule has 0 saturated carbocycles. The van der Waals surface area contributed by atoms with Crippen LogP contribution in [-0.2, 0) is 6.54 Å². The van der Waals surface area contributed by atoms with Gasteiger partial charge in [-0.2, -0.15) is 0 Å². The first-order valence-corrected chi connectivity index (χ1v) is 7.46. The van der Waals surface area contributed by atoms with Crippen molar-refractivity contribution in [1.82, 2.24) is 5.32 Å². The van der Waals surface area contributed by atoms with Crippen molar-refractivity contribution in [3.63, 3.8) is 0 Å². The Morgan fingerprint density at radius 3 is 2.95 bits per heavy atom. The van der Waals surface area contributed by atoms with Crippen LogP contribution in [0, 0.1) is 0 Å². The maximum atomic E-state index is 9.50. The van der Waals surface area contributed by atoms with Gasteiger partial charge in [0.25, 0.3) is 0 Å². The standard InChI is InChI=1S/C14H20BrNO3/c1-2-11(17)9-16-8-10-6-12(15)14-13(7-10)18-4-3-5-19-14/h6-7,11,16-17H,2-5,8-9H2,1H3. The number of fused-ring (bicyclic) bond motifs is 1. The zero-order valence-corrected chi connectivity index (χ0v) is 12.7. The lowest BCUT2D eigenvalue weighted by atomic mass is 10.2. The molecule has 4 nitrogen and oxygen atoms in total. The lowest BCUT2D eigenvalue weighted by Crippen LogP contribution is -2.25. The Bertz CT molecular complexity index is 425. The van der Waals surface area contributed by atoms with Gasteiger partial charge < -0.3 is 19.9 Å². The lowest BCUT2D eigenvalue weighted by Gasteiger charge is -2.13. The van der Waals surface area contributed by atoms with E-state index in [2.05, 4.69) is 21.2 Å². The van der Waals surface area contributed by atoms with E-state index in [1.54, 1.807) is 0 Å². The summed E-state index contributed by atoms with van der Waals surface area (Å²) in [6, 6.07) is 4.02. The van der Waals surface area contributed by atoms with E-state index < -0.39 is 0 Å². The van der Waals surface area contributed by atoms with Crippen molar-refractivity contribution in [3.8, 4) is 11.5 Å². The highest BCUT2D eigenvalue weighted by atomic mass is 79.9. The van der Waals surface area contributed by atoms with Crippen molar-refractivity contribution in [1.29, 1.82) is 0 Å². The predicted molar refractivity (Wildman–Crippen MR) is 77.8 cm³/mol. The molecule has 0 saturated heterocycles. The Kier molecular flexibility index (Phi) is 5.48. The molecule has 1 aromatic rings. The number of ether oxygens (including phenoxy) is 2. The largest absolute Gasteiger partial charge is 0.490 e. The second kappa shape index (κ2) is 7.12. The highest BCUT2D eigenvalue weighted by Crippen LogP contribution is 2.38. The Labute approximate surface area is 122 Å². The van der Waals surface area contributed by atoms with E-state index in [4.69, 9.17) is 9.47 Å². The fraction of sp³-hybridized carbons (Fsp3) is 0.571. The second-order valence-corrected chi connectivity index (χ2v) is 5.50. The summed E-state index contributed by atoms with van der Waals surface area (Å²) in [6.45, 7) is 4.64. The van der Waals surface area contributed by atoms with Crippen LogP contribution in [0.25, 0.3) is 0 Å². The zero-order chi connectivity index (χ0) is 13.7. The van der Waals surface area contributed by atoms with Gasteiger partial charge in [0, 0.05) is 19.5 Å². The van der Waals surface area contributed by atoms with Crippen LogP contribution < -0.4 is 14.8 Å². The van der Waals surface area contributed by atoms with Gasteiger partial charge >= 0.3 is 0 Å². The average molecular weight is 330 g/mol. The molecule has 0 aromatic heterocycles. The first-order valence-electron chi connectivity index (χ1n) is 6.67. The van der Waals surface area contributed by atoms with Gasteiger partial charge in [0.1, 0.15) is 0 Å².